The number of hydrogen-bond acceptors (Lipinski definition) is 5. The molecule has 2 atom stereocenters. The van der Waals surface area contributed by atoms with Gasteiger partial charge in [-0.2, -0.15) is 0 Å². The lowest BCUT2D eigenvalue weighted by Crippen LogP contribution is -2.52. The fraction of sp³-hybridized carbons (Fsp3) is 0.471. The minimum atomic E-state index is -0.848. The molecule has 7 nitrogen and oxygen atoms in total. The van der Waals surface area contributed by atoms with Crippen LogP contribution in [0.15, 0.2) is 30.3 Å². The topological polar surface area (TPSA) is 93.7 Å². The Morgan fingerprint density at radius 3 is 2.21 bits per heavy atom. The van der Waals surface area contributed by atoms with Crippen molar-refractivity contribution in [3.05, 3.63) is 35.9 Å². The zero-order valence-corrected chi connectivity index (χ0v) is 14.4. The van der Waals surface area contributed by atoms with Gasteiger partial charge in [-0.1, -0.05) is 44.2 Å². The largest absolute Gasteiger partial charge is 0.467 e. The van der Waals surface area contributed by atoms with Crippen molar-refractivity contribution in [2.75, 3.05) is 7.11 Å². The zero-order chi connectivity index (χ0) is 18.1. The van der Waals surface area contributed by atoms with Crippen molar-refractivity contribution in [3.8, 4) is 0 Å². The van der Waals surface area contributed by atoms with Crippen LogP contribution in [0.3, 0.4) is 0 Å². The average molecular weight is 336 g/mol. The van der Waals surface area contributed by atoms with E-state index in [2.05, 4.69) is 15.4 Å². The standard InChI is InChI=1S/C17H24N2O5/c1-11(2)14(16(21)23-4)19-15(20)12(3)18-17(22)24-10-13-8-6-5-7-9-13/h5-9,11-12,14H,10H2,1-4H3,(H,18,22)(H,19,20). The second-order valence-corrected chi connectivity index (χ2v) is 5.68. The molecule has 0 aliphatic rings. The van der Waals surface area contributed by atoms with E-state index in [-0.39, 0.29) is 12.5 Å². The Balaban J connectivity index is 2.47. The number of hydrogen-bond donors (Lipinski definition) is 2. The number of nitrogens with one attached hydrogen (secondary N) is 2. The molecule has 0 bridgehead atoms. The number of rotatable bonds is 7. The quantitative estimate of drug-likeness (QED) is 0.738. The number of benzene rings is 1. The molecule has 0 radical (unpaired) electrons. The van der Waals surface area contributed by atoms with Crippen LogP contribution in [-0.4, -0.2) is 37.2 Å². The van der Waals surface area contributed by atoms with E-state index in [1.165, 1.54) is 14.0 Å². The lowest BCUT2D eigenvalue weighted by atomic mass is 10.0. The van der Waals surface area contributed by atoms with Crippen molar-refractivity contribution in [3.63, 3.8) is 0 Å². The average Bonchev–Trinajstić information content (AvgIpc) is 2.57. The maximum atomic E-state index is 12.1. The van der Waals surface area contributed by atoms with Crippen molar-refractivity contribution < 1.29 is 23.9 Å². The minimum Gasteiger partial charge on any atom is -0.467 e. The van der Waals surface area contributed by atoms with Crippen LogP contribution in [0.5, 0.6) is 0 Å². The van der Waals surface area contributed by atoms with Gasteiger partial charge < -0.3 is 20.1 Å². The van der Waals surface area contributed by atoms with Gasteiger partial charge in [-0.05, 0) is 18.4 Å². The predicted molar refractivity (Wildman–Crippen MR) is 88.0 cm³/mol. The van der Waals surface area contributed by atoms with Gasteiger partial charge in [-0.3, -0.25) is 4.79 Å². The van der Waals surface area contributed by atoms with Gasteiger partial charge in [0, 0.05) is 0 Å². The third-order valence-corrected chi connectivity index (χ3v) is 3.36. The molecule has 24 heavy (non-hydrogen) atoms. The van der Waals surface area contributed by atoms with Crippen molar-refractivity contribution in [2.45, 2.75) is 39.5 Å². The van der Waals surface area contributed by atoms with Gasteiger partial charge in [0.25, 0.3) is 0 Å². The van der Waals surface area contributed by atoms with Crippen LogP contribution < -0.4 is 10.6 Å². The van der Waals surface area contributed by atoms with Gasteiger partial charge in [-0.25, -0.2) is 9.59 Å². The van der Waals surface area contributed by atoms with Crippen LogP contribution in [-0.2, 0) is 25.7 Å². The van der Waals surface area contributed by atoms with E-state index in [1.807, 2.05) is 30.3 Å². The smallest absolute Gasteiger partial charge is 0.408 e. The second-order valence-electron chi connectivity index (χ2n) is 5.68. The number of alkyl carbamates (subject to hydrolysis) is 1. The molecule has 0 heterocycles. The third kappa shape index (κ3) is 6.28. The molecule has 0 saturated heterocycles. The van der Waals surface area contributed by atoms with Crippen molar-refractivity contribution in [1.82, 2.24) is 10.6 Å². The first-order valence-corrected chi connectivity index (χ1v) is 7.70. The Labute approximate surface area is 141 Å². The van der Waals surface area contributed by atoms with Gasteiger partial charge in [0.05, 0.1) is 7.11 Å². The molecular weight excluding hydrogens is 312 g/mol. The Morgan fingerprint density at radius 2 is 1.67 bits per heavy atom. The van der Waals surface area contributed by atoms with Gasteiger partial charge >= 0.3 is 12.1 Å². The maximum Gasteiger partial charge on any atom is 0.408 e. The molecule has 2 N–H and O–H groups in total. The Hall–Kier alpha value is -2.57. The molecule has 132 valence electrons. The number of carbonyl (C=O) groups is 3. The molecule has 2 unspecified atom stereocenters. The maximum absolute atomic E-state index is 12.1. The summed E-state index contributed by atoms with van der Waals surface area (Å²) < 4.78 is 9.71. The summed E-state index contributed by atoms with van der Waals surface area (Å²) in [7, 11) is 1.26. The Bertz CT molecular complexity index is 559. The van der Waals surface area contributed by atoms with Gasteiger partial charge in [0.1, 0.15) is 18.7 Å². The van der Waals surface area contributed by atoms with Crippen molar-refractivity contribution in [1.29, 1.82) is 0 Å². The fourth-order valence-corrected chi connectivity index (χ4v) is 1.91. The highest BCUT2D eigenvalue weighted by Gasteiger charge is 2.27. The molecule has 0 fully saturated rings. The Morgan fingerprint density at radius 1 is 1.04 bits per heavy atom. The number of ether oxygens (including phenoxy) is 2. The van der Waals surface area contributed by atoms with Crippen LogP contribution in [0.4, 0.5) is 4.79 Å². The summed E-state index contributed by atoms with van der Waals surface area (Å²) in [6.45, 7) is 5.19. The summed E-state index contributed by atoms with van der Waals surface area (Å²) in [5, 5.41) is 4.99. The number of esters is 1. The van der Waals surface area contributed by atoms with Crippen LogP contribution in [0.1, 0.15) is 26.3 Å². The summed E-state index contributed by atoms with van der Waals surface area (Å²) in [6.07, 6.45) is -0.708. The van der Waals surface area contributed by atoms with Crippen LogP contribution in [0.25, 0.3) is 0 Å². The number of carbonyl (C=O) groups excluding carboxylic acids is 3. The lowest BCUT2D eigenvalue weighted by molar-refractivity contribution is -0.146. The van der Waals surface area contributed by atoms with E-state index < -0.39 is 30.1 Å². The van der Waals surface area contributed by atoms with Crippen molar-refractivity contribution >= 4 is 18.0 Å². The first-order valence-electron chi connectivity index (χ1n) is 7.70. The zero-order valence-electron chi connectivity index (χ0n) is 14.4. The molecule has 0 aliphatic heterocycles. The molecule has 2 amide bonds. The van der Waals surface area contributed by atoms with E-state index in [9.17, 15) is 14.4 Å². The van der Waals surface area contributed by atoms with Crippen LogP contribution >= 0.6 is 0 Å². The highest BCUT2D eigenvalue weighted by atomic mass is 16.5. The monoisotopic (exact) mass is 336 g/mol. The normalized spacial score (nSPS) is 12.9. The van der Waals surface area contributed by atoms with E-state index in [0.29, 0.717) is 0 Å². The Kier molecular flexibility index (Phi) is 7.74. The van der Waals surface area contributed by atoms with E-state index in [1.54, 1.807) is 13.8 Å². The van der Waals surface area contributed by atoms with E-state index in [0.717, 1.165) is 5.56 Å². The highest BCUT2D eigenvalue weighted by Crippen LogP contribution is 2.04. The summed E-state index contributed by atoms with van der Waals surface area (Å²) in [6, 6.07) is 7.57. The number of methoxy groups -OCH3 is 1. The highest BCUT2D eigenvalue weighted by molar-refractivity contribution is 5.89. The lowest BCUT2D eigenvalue weighted by Gasteiger charge is -2.22. The van der Waals surface area contributed by atoms with Crippen LogP contribution in [0.2, 0.25) is 0 Å². The molecule has 0 aliphatic carbocycles. The van der Waals surface area contributed by atoms with E-state index in [4.69, 9.17) is 4.74 Å². The molecule has 1 aromatic carbocycles. The molecular formula is C17H24N2O5. The van der Waals surface area contributed by atoms with Crippen LogP contribution in [0, 0.1) is 5.92 Å². The van der Waals surface area contributed by atoms with E-state index >= 15 is 0 Å². The molecule has 7 heteroatoms. The molecule has 0 aromatic heterocycles. The number of amides is 2. The van der Waals surface area contributed by atoms with Gasteiger partial charge in [0.2, 0.25) is 5.91 Å². The molecule has 1 aromatic rings. The summed E-state index contributed by atoms with van der Waals surface area (Å²) in [5.41, 5.74) is 0.843. The molecule has 1 rings (SSSR count). The summed E-state index contributed by atoms with van der Waals surface area (Å²) in [4.78, 5) is 35.5. The van der Waals surface area contributed by atoms with Crippen molar-refractivity contribution in [2.24, 2.45) is 5.92 Å². The van der Waals surface area contributed by atoms with Gasteiger partial charge in [0.15, 0.2) is 0 Å². The molecule has 0 saturated carbocycles. The summed E-state index contributed by atoms with van der Waals surface area (Å²) in [5.74, 6) is -1.16. The third-order valence-electron chi connectivity index (χ3n) is 3.36. The predicted octanol–water partition coefficient (Wildman–Crippen LogP) is 1.62. The summed E-state index contributed by atoms with van der Waals surface area (Å²) >= 11 is 0. The van der Waals surface area contributed by atoms with Gasteiger partial charge in [-0.15, -0.1) is 0 Å². The first kappa shape index (κ1) is 19.5. The molecule has 0 spiro atoms. The fourth-order valence-electron chi connectivity index (χ4n) is 1.91. The second kappa shape index (κ2) is 9.54. The minimum absolute atomic E-state index is 0.109. The first-order chi connectivity index (χ1) is 11.3. The SMILES string of the molecule is COC(=O)C(NC(=O)C(C)NC(=O)OCc1ccccc1)C(C)C.